The lowest BCUT2D eigenvalue weighted by atomic mass is 10.1. The second-order valence-electron chi connectivity index (χ2n) is 6.89. The van der Waals surface area contributed by atoms with Gasteiger partial charge in [0.25, 0.3) is 15.9 Å². The molecule has 0 fully saturated rings. The summed E-state index contributed by atoms with van der Waals surface area (Å²) in [6.07, 6.45) is 0. The predicted molar refractivity (Wildman–Crippen MR) is 117 cm³/mol. The van der Waals surface area contributed by atoms with E-state index in [1.165, 1.54) is 24.3 Å². The Bertz CT molecular complexity index is 1170. The van der Waals surface area contributed by atoms with Gasteiger partial charge in [-0.25, -0.2) is 8.42 Å². The van der Waals surface area contributed by atoms with E-state index in [-0.39, 0.29) is 10.8 Å². The van der Waals surface area contributed by atoms with Gasteiger partial charge in [-0.15, -0.1) is 0 Å². The second kappa shape index (κ2) is 8.27. The molecule has 2 N–H and O–H groups in total. The molecular formula is C22H21ClN2O3S. The van der Waals surface area contributed by atoms with Crippen LogP contribution in [0.2, 0.25) is 5.02 Å². The van der Waals surface area contributed by atoms with Gasteiger partial charge in [0.1, 0.15) is 0 Å². The van der Waals surface area contributed by atoms with Gasteiger partial charge >= 0.3 is 0 Å². The van der Waals surface area contributed by atoms with Gasteiger partial charge in [0.2, 0.25) is 0 Å². The van der Waals surface area contributed by atoms with E-state index < -0.39 is 10.0 Å². The predicted octanol–water partition coefficient (Wildman–Crippen LogP) is 5.32. The first kappa shape index (κ1) is 20.9. The Hall–Kier alpha value is -2.83. The Morgan fingerprint density at radius 3 is 2.10 bits per heavy atom. The minimum atomic E-state index is -3.74. The van der Waals surface area contributed by atoms with Crippen LogP contribution in [0, 0.1) is 20.8 Å². The van der Waals surface area contributed by atoms with Crippen molar-refractivity contribution in [1.82, 2.24) is 0 Å². The number of carbonyl (C=O) groups excluding carboxylic acids is 1. The molecule has 3 aromatic rings. The average molecular weight is 429 g/mol. The number of hydrogen-bond acceptors (Lipinski definition) is 3. The van der Waals surface area contributed by atoms with Gasteiger partial charge in [0, 0.05) is 5.69 Å². The SMILES string of the molecule is Cc1ccc(NS(=O)(=O)c2ccc(NC(=O)c3ccc(C)cc3Cl)cc2)c(C)c1. The maximum absolute atomic E-state index is 12.7. The summed E-state index contributed by atoms with van der Waals surface area (Å²) in [6.45, 7) is 5.68. The third-order valence-corrected chi connectivity index (χ3v) is 6.11. The zero-order chi connectivity index (χ0) is 21.2. The monoisotopic (exact) mass is 428 g/mol. The molecular weight excluding hydrogens is 408 g/mol. The third kappa shape index (κ3) is 4.96. The first-order valence-electron chi connectivity index (χ1n) is 8.93. The van der Waals surface area contributed by atoms with E-state index in [0.29, 0.717) is 22.0 Å². The Labute approximate surface area is 175 Å². The number of nitrogens with one attached hydrogen (secondary N) is 2. The average Bonchev–Trinajstić information content (AvgIpc) is 2.64. The molecule has 0 aliphatic rings. The molecule has 0 aromatic heterocycles. The molecule has 0 saturated carbocycles. The summed E-state index contributed by atoms with van der Waals surface area (Å²) in [5.41, 5.74) is 4.20. The van der Waals surface area contributed by atoms with Crippen LogP contribution in [0.5, 0.6) is 0 Å². The summed E-state index contributed by atoms with van der Waals surface area (Å²) in [5.74, 6) is -0.362. The smallest absolute Gasteiger partial charge is 0.261 e. The summed E-state index contributed by atoms with van der Waals surface area (Å²) in [7, 11) is -3.74. The lowest BCUT2D eigenvalue weighted by Crippen LogP contribution is -2.15. The fraction of sp³-hybridized carbons (Fsp3) is 0.136. The molecule has 0 bridgehead atoms. The Morgan fingerprint density at radius 2 is 1.48 bits per heavy atom. The Morgan fingerprint density at radius 1 is 0.862 bits per heavy atom. The van der Waals surface area contributed by atoms with Gasteiger partial charge in [0.05, 0.1) is 21.2 Å². The molecule has 0 spiro atoms. The van der Waals surface area contributed by atoms with Crippen LogP contribution >= 0.6 is 11.6 Å². The summed E-state index contributed by atoms with van der Waals surface area (Å²) in [5, 5.41) is 3.08. The topological polar surface area (TPSA) is 75.3 Å². The normalized spacial score (nSPS) is 11.2. The number of anilines is 2. The van der Waals surface area contributed by atoms with E-state index in [1.54, 1.807) is 24.3 Å². The standard InChI is InChI=1S/C22H21ClN2O3S/c1-14-5-11-21(16(3)12-14)25-29(27,28)18-8-6-17(7-9-18)24-22(26)19-10-4-15(2)13-20(19)23/h4-13,25H,1-3H3,(H,24,26). The fourth-order valence-electron chi connectivity index (χ4n) is 2.85. The Kier molecular flexibility index (Phi) is 5.96. The first-order valence-corrected chi connectivity index (χ1v) is 10.8. The highest BCUT2D eigenvalue weighted by atomic mass is 35.5. The minimum absolute atomic E-state index is 0.101. The van der Waals surface area contributed by atoms with E-state index in [1.807, 2.05) is 32.9 Å². The number of sulfonamides is 1. The molecule has 0 atom stereocenters. The van der Waals surface area contributed by atoms with Crippen molar-refractivity contribution in [2.24, 2.45) is 0 Å². The quantitative estimate of drug-likeness (QED) is 0.577. The van der Waals surface area contributed by atoms with E-state index >= 15 is 0 Å². The summed E-state index contributed by atoms with van der Waals surface area (Å²) in [4.78, 5) is 12.5. The maximum atomic E-state index is 12.7. The fourth-order valence-corrected chi connectivity index (χ4v) is 4.30. The number of rotatable bonds is 5. The highest BCUT2D eigenvalue weighted by Crippen LogP contribution is 2.23. The van der Waals surface area contributed by atoms with Crippen molar-refractivity contribution in [3.8, 4) is 0 Å². The zero-order valence-electron chi connectivity index (χ0n) is 16.3. The van der Waals surface area contributed by atoms with Crippen molar-refractivity contribution in [1.29, 1.82) is 0 Å². The van der Waals surface area contributed by atoms with Crippen LogP contribution in [-0.2, 0) is 10.0 Å². The van der Waals surface area contributed by atoms with Gasteiger partial charge < -0.3 is 5.32 Å². The van der Waals surface area contributed by atoms with Gasteiger partial charge in [-0.2, -0.15) is 0 Å². The minimum Gasteiger partial charge on any atom is -0.322 e. The van der Waals surface area contributed by atoms with Crippen molar-refractivity contribution in [2.45, 2.75) is 25.7 Å². The lowest BCUT2D eigenvalue weighted by Gasteiger charge is -2.12. The number of amides is 1. The van der Waals surface area contributed by atoms with Crippen molar-refractivity contribution in [3.05, 3.63) is 87.9 Å². The summed E-state index contributed by atoms with van der Waals surface area (Å²) < 4.78 is 27.9. The number of halogens is 1. The van der Waals surface area contributed by atoms with Gasteiger partial charge in [-0.05, 0) is 74.4 Å². The number of benzene rings is 3. The van der Waals surface area contributed by atoms with Crippen LogP contribution in [-0.4, -0.2) is 14.3 Å². The molecule has 29 heavy (non-hydrogen) atoms. The molecule has 3 aromatic carbocycles. The summed E-state index contributed by atoms with van der Waals surface area (Å²) >= 11 is 6.13. The second-order valence-corrected chi connectivity index (χ2v) is 8.98. The van der Waals surface area contributed by atoms with Crippen LogP contribution in [0.3, 0.4) is 0 Å². The van der Waals surface area contributed by atoms with Gasteiger partial charge in [-0.1, -0.05) is 35.4 Å². The van der Waals surface area contributed by atoms with Gasteiger partial charge in [0.15, 0.2) is 0 Å². The zero-order valence-corrected chi connectivity index (χ0v) is 17.9. The van der Waals surface area contributed by atoms with Gasteiger partial charge in [-0.3, -0.25) is 9.52 Å². The third-order valence-electron chi connectivity index (χ3n) is 4.42. The molecule has 5 nitrogen and oxygen atoms in total. The summed E-state index contributed by atoms with van der Waals surface area (Å²) in [6, 6.07) is 16.6. The van der Waals surface area contributed by atoms with Crippen LogP contribution in [0.4, 0.5) is 11.4 Å². The maximum Gasteiger partial charge on any atom is 0.261 e. The molecule has 0 aliphatic carbocycles. The van der Waals surface area contributed by atoms with Crippen LogP contribution in [0.15, 0.2) is 65.6 Å². The lowest BCUT2D eigenvalue weighted by molar-refractivity contribution is 0.102. The molecule has 1 amide bonds. The molecule has 150 valence electrons. The highest BCUT2D eigenvalue weighted by molar-refractivity contribution is 7.92. The van der Waals surface area contributed by atoms with Crippen LogP contribution in [0.25, 0.3) is 0 Å². The van der Waals surface area contributed by atoms with Crippen LogP contribution in [0.1, 0.15) is 27.0 Å². The molecule has 3 rings (SSSR count). The van der Waals surface area contributed by atoms with E-state index in [2.05, 4.69) is 10.0 Å². The molecule has 0 saturated heterocycles. The van der Waals surface area contributed by atoms with Crippen molar-refractivity contribution in [3.63, 3.8) is 0 Å². The number of carbonyl (C=O) groups is 1. The molecule has 0 aliphatic heterocycles. The van der Waals surface area contributed by atoms with E-state index in [0.717, 1.165) is 16.7 Å². The largest absolute Gasteiger partial charge is 0.322 e. The van der Waals surface area contributed by atoms with E-state index in [4.69, 9.17) is 11.6 Å². The first-order chi connectivity index (χ1) is 13.7. The highest BCUT2D eigenvalue weighted by Gasteiger charge is 2.16. The molecule has 0 heterocycles. The van der Waals surface area contributed by atoms with Crippen molar-refractivity contribution < 1.29 is 13.2 Å². The number of aryl methyl sites for hydroxylation is 3. The Balaban J connectivity index is 1.76. The molecule has 0 radical (unpaired) electrons. The number of hydrogen-bond donors (Lipinski definition) is 2. The van der Waals surface area contributed by atoms with Crippen LogP contribution < -0.4 is 10.0 Å². The molecule has 7 heteroatoms. The molecule has 0 unspecified atom stereocenters. The van der Waals surface area contributed by atoms with Crippen molar-refractivity contribution in [2.75, 3.05) is 10.0 Å². The van der Waals surface area contributed by atoms with E-state index in [9.17, 15) is 13.2 Å². The van der Waals surface area contributed by atoms with Crippen molar-refractivity contribution >= 4 is 38.9 Å².